The van der Waals surface area contributed by atoms with Crippen LogP contribution in [0, 0.1) is 29.1 Å². The smallest absolute Gasteiger partial charge is 0.228 e. The summed E-state index contributed by atoms with van der Waals surface area (Å²) in [6, 6.07) is 8.36. The van der Waals surface area contributed by atoms with Crippen molar-refractivity contribution in [3.63, 3.8) is 0 Å². The van der Waals surface area contributed by atoms with Gasteiger partial charge in [0.2, 0.25) is 17.6 Å². The van der Waals surface area contributed by atoms with E-state index >= 15 is 0 Å². The summed E-state index contributed by atoms with van der Waals surface area (Å²) < 4.78 is 78.5. The highest BCUT2D eigenvalue weighted by molar-refractivity contribution is 7.99. The molecule has 0 aliphatic carbocycles. The Balaban J connectivity index is 1.55. The summed E-state index contributed by atoms with van der Waals surface area (Å²) in [4.78, 5) is 12.3. The molecule has 35 heavy (non-hydrogen) atoms. The zero-order chi connectivity index (χ0) is 24.9. The molecule has 0 amide bonds. The van der Waals surface area contributed by atoms with Crippen molar-refractivity contribution in [3.8, 4) is 22.9 Å². The Morgan fingerprint density at radius 3 is 2.51 bits per heavy atom. The van der Waals surface area contributed by atoms with Gasteiger partial charge in [0.15, 0.2) is 17.4 Å². The molecule has 2 heterocycles. The highest BCUT2D eigenvalue weighted by Crippen LogP contribution is 2.36. The Labute approximate surface area is 200 Å². The van der Waals surface area contributed by atoms with Crippen LogP contribution in [-0.4, -0.2) is 22.0 Å². The van der Waals surface area contributed by atoms with Crippen molar-refractivity contribution in [1.82, 2.24) is 15.0 Å². The van der Waals surface area contributed by atoms with Crippen molar-refractivity contribution >= 4 is 23.6 Å². The molecule has 0 aliphatic rings. The molecule has 6 nitrogen and oxygen atoms in total. The van der Waals surface area contributed by atoms with Gasteiger partial charge in [-0.1, -0.05) is 6.07 Å². The number of benzene rings is 2. The van der Waals surface area contributed by atoms with Gasteiger partial charge in [0.05, 0.1) is 11.3 Å². The number of anilines is 2. The number of ether oxygens (including phenoxy) is 1. The predicted molar refractivity (Wildman–Crippen MR) is 122 cm³/mol. The second-order valence-corrected chi connectivity index (χ2v) is 7.74. The molecule has 0 saturated heterocycles. The molecule has 12 heteroatoms. The Morgan fingerprint density at radius 2 is 1.74 bits per heavy atom. The Bertz CT molecular complexity index is 1370. The predicted octanol–water partition coefficient (Wildman–Crippen LogP) is 6.33. The van der Waals surface area contributed by atoms with Crippen LogP contribution in [0.15, 0.2) is 54.9 Å². The molecular formula is C23H16F5N5OS. The molecule has 0 fully saturated rings. The van der Waals surface area contributed by atoms with E-state index in [-0.39, 0.29) is 17.2 Å². The van der Waals surface area contributed by atoms with E-state index in [1.165, 1.54) is 18.5 Å². The SMILES string of the molecule is CNc1nccc(-c2cccnc2Oc2cc(F)c(NSCc3ccc(F)cc3F)c(F)c2F)n1. The molecule has 0 spiro atoms. The van der Waals surface area contributed by atoms with Gasteiger partial charge in [-0.3, -0.25) is 0 Å². The van der Waals surface area contributed by atoms with E-state index in [0.717, 1.165) is 6.07 Å². The van der Waals surface area contributed by atoms with E-state index < -0.39 is 40.5 Å². The minimum atomic E-state index is -1.54. The number of hydrogen-bond acceptors (Lipinski definition) is 7. The maximum Gasteiger partial charge on any atom is 0.228 e. The van der Waals surface area contributed by atoms with Crippen molar-refractivity contribution in [2.45, 2.75) is 5.75 Å². The lowest BCUT2D eigenvalue weighted by Gasteiger charge is -2.14. The highest BCUT2D eigenvalue weighted by atomic mass is 32.2. The number of pyridine rings is 1. The molecule has 4 aromatic rings. The van der Waals surface area contributed by atoms with Crippen LogP contribution in [0.3, 0.4) is 0 Å². The molecule has 2 aromatic heterocycles. The first kappa shape index (κ1) is 24.2. The van der Waals surface area contributed by atoms with Crippen LogP contribution in [-0.2, 0) is 5.75 Å². The largest absolute Gasteiger partial charge is 0.435 e. The molecule has 2 N–H and O–H groups in total. The third-order valence-corrected chi connectivity index (χ3v) is 5.48. The first-order valence-corrected chi connectivity index (χ1v) is 11.0. The number of aromatic nitrogens is 3. The summed E-state index contributed by atoms with van der Waals surface area (Å²) >= 11 is 0.697. The van der Waals surface area contributed by atoms with Crippen LogP contribution in [0.5, 0.6) is 11.6 Å². The molecule has 4 rings (SSSR count). The molecule has 0 bridgehead atoms. The standard InChI is InChI=1S/C23H16F5N5OS/c1-29-23-31-8-6-17(32-23)14-3-2-7-30-22(14)34-18-10-16(26)21(20(28)19(18)27)33-35-11-12-4-5-13(24)9-15(12)25/h2-10,33H,11H2,1H3,(H,29,31,32). The van der Waals surface area contributed by atoms with Crippen LogP contribution >= 0.6 is 11.9 Å². The van der Waals surface area contributed by atoms with E-state index in [0.29, 0.717) is 41.3 Å². The fourth-order valence-electron chi connectivity index (χ4n) is 2.97. The maximum absolute atomic E-state index is 14.8. The Hall–Kier alpha value is -3.93. The maximum atomic E-state index is 14.8. The van der Waals surface area contributed by atoms with Gasteiger partial charge in [-0.15, -0.1) is 0 Å². The second kappa shape index (κ2) is 10.6. The van der Waals surface area contributed by atoms with Crippen molar-refractivity contribution in [2.75, 3.05) is 17.1 Å². The van der Waals surface area contributed by atoms with Gasteiger partial charge in [0, 0.05) is 37.3 Å². The lowest BCUT2D eigenvalue weighted by atomic mass is 10.2. The van der Waals surface area contributed by atoms with Gasteiger partial charge >= 0.3 is 0 Å². The summed E-state index contributed by atoms with van der Waals surface area (Å²) in [5.41, 5.74) is 0.0410. The van der Waals surface area contributed by atoms with E-state index in [2.05, 4.69) is 25.0 Å². The summed E-state index contributed by atoms with van der Waals surface area (Å²) in [7, 11) is 1.63. The van der Waals surface area contributed by atoms with Gasteiger partial charge in [0.25, 0.3) is 0 Å². The van der Waals surface area contributed by atoms with Gasteiger partial charge in [0.1, 0.15) is 17.3 Å². The first-order chi connectivity index (χ1) is 16.9. The van der Waals surface area contributed by atoms with Crippen LogP contribution in [0.1, 0.15) is 5.56 Å². The number of nitrogens with one attached hydrogen (secondary N) is 2. The monoisotopic (exact) mass is 505 g/mol. The number of hydrogen-bond donors (Lipinski definition) is 2. The Kier molecular flexibility index (Phi) is 7.30. The van der Waals surface area contributed by atoms with Crippen molar-refractivity contribution < 1.29 is 26.7 Å². The molecule has 0 unspecified atom stereocenters. The van der Waals surface area contributed by atoms with Crippen LogP contribution in [0.4, 0.5) is 33.6 Å². The third-order valence-electron chi connectivity index (χ3n) is 4.68. The molecule has 0 radical (unpaired) electrons. The normalized spacial score (nSPS) is 10.8. The zero-order valence-electron chi connectivity index (χ0n) is 18.0. The minimum Gasteiger partial charge on any atom is -0.435 e. The average Bonchev–Trinajstić information content (AvgIpc) is 2.86. The van der Waals surface area contributed by atoms with E-state index in [4.69, 9.17) is 4.74 Å². The summed E-state index contributed by atoms with van der Waals surface area (Å²) in [5.74, 6) is -6.37. The molecule has 0 saturated carbocycles. The fraction of sp³-hybridized carbons (Fsp3) is 0.0870. The quantitative estimate of drug-likeness (QED) is 0.165. The van der Waals surface area contributed by atoms with Gasteiger partial charge in [-0.2, -0.15) is 4.39 Å². The van der Waals surface area contributed by atoms with E-state index in [1.807, 2.05) is 0 Å². The minimum absolute atomic E-state index is 0.0963. The molecular weight excluding hydrogens is 489 g/mol. The lowest BCUT2D eigenvalue weighted by Crippen LogP contribution is -2.03. The Morgan fingerprint density at radius 1 is 0.914 bits per heavy atom. The fourth-order valence-corrected chi connectivity index (χ4v) is 3.76. The second-order valence-electron chi connectivity index (χ2n) is 6.96. The summed E-state index contributed by atoms with van der Waals surface area (Å²) in [6.07, 6.45) is 2.85. The summed E-state index contributed by atoms with van der Waals surface area (Å²) in [6.45, 7) is 0. The lowest BCUT2D eigenvalue weighted by molar-refractivity contribution is 0.401. The molecule has 2 aromatic carbocycles. The van der Waals surface area contributed by atoms with E-state index in [1.54, 1.807) is 25.2 Å². The average molecular weight is 505 g/mol. The summed E-state index contributed by atoms with van der Waals surface area (Å²) in [5, 5.41) is 2.78. The molecule has 0 aliphatic heterocycles. The number of rotatable bonds is 8. The van der Waals surface area contributed by atoms with Crippen molar-refractivity contribution in [2.24, 2.45) is 0 Å². The highest BCUT2D eigenvalue weighted by Gasteiger charge is 2.22. The topological polar surface area (TPSA) is 72.0 Å². The molecule has 0 atom stereocenters. The third kappa shape index (κ3) is 5.43. The van der Waals surface area contributed by atoms with Crippen LogP contribution < -0.4 is 14.8 Å². The van der Waals surface area contributed by atoms with Gasteiger partial charge in [-0.25, -0.2) is 32.5 Å². The van der Waals surface area contributed by atoms with Crippen molar-refractivity contribution in [1.29, 1.82) is 0 Å². The van der Waals surface area contributed by atoms with Crippen LogP contribution in [0.2, 0.25) is 0 Å². The first-order valence-electron chi connectivity index (χ1n) is 10.0. The van der Waals surface area contributed by atoms with Crippen molar-refractivity contribution in [3.05, 3.63) is 89.5 Å². The van der Waals surface area contributed by atoms with Crippen LogP contribution in [0.25, 0.3) is 11.3 Å². The number of nitrogens with zero attached hydrogens (tertiary/aromatic N) is 3. The molecule has 180 valence electrons. The van der Waals surface area contributed by atoms with Gasteiger partial charge < -0.3 is 14.8 Å². The van der Waals surface area contributed by atoms with Gasteiger partial charge in [-0.05, 0) is 41.8 Å². The zero-order valence-corrected chi connectivity index (χ0v) is 18.8. The van der Waals surface area contributed by atoms with E-state index in [9.17, 15) is 22.0 Å². The number of halogens is 5.